The molecule has 0 aliphatic heterocycles. The van der Waals surface area contributed by atoms with Gasteiger partial charge in [0, 0.05) is 48.0 Å². The number of nitrogens with zero attached hydrogens (tertiary/aromatic N) is 5. The maximum absolute atomic E-state index is 11.3. The Morgan fingerprint density at radius 1 is 1.36 bits per heavy atom. The van der Waals surface area contributed by atoms with Gasteiger partial charge in [0.05, 0.1) is 0 Å². The highest BCUT2D eigenvalue weighted by Gasteiger charge is 2.41. The molecule has 1 aliphatic carbocycles. The lowest BCUT2D eigenvalue weighted by atomic mass is 9.74. The second kappa shape index (κ2) is 6.01. The van der Waals surface area contributed by atoms with Gasteiger partial charge in [-0.15, -0.1) is 0 Å². The number of pyridine rings is 1. The number of amides is 1. The third kappa shape index (κ3) is 2.84. The number of carbonyl (C=O) groups excluding carboxylic acids is 1. The molecule has 4 heterocycles. The highest BCUT2D eigenvalue weighted by atomic mass is 16.1. The molecule has 5 rings (SSSR count). The Kier molecular flexibility index (Phi) is 3.58. The number of aromatic amines is 1. The topological polar surface area (TPSA) is 113 Å². The summed E-state index contributed by atoms with van der Waals surface area (Å²) >= 11 is 0. The first-order chi connectivity index (χ1) is 13.5. The molecule has 1 amide bonds. The largest absolute Gasteiger partial charge is 0.351 e. The van der Waals surface area contributed by atoms with Gasteiger partial charge in [-0.05, 0) is 37.5 Å². The van der Waals surface area contributed by atoms with Gasteiger partial charge >= 0.3 is 0 Å². The molecule has 0 saturated heterocycles. The van der Waals surface area contributed by atoms with Crippen LogP contribution in [0.5, 0.6) is 0 Å². The third-order valence-corrected chi connectivity index (χ3v) is 5.23. The van der Waals surface area contributed by atoms with Gasteiger partial charge in [-0.3, -0.25) is 4.79 Å². The minimum Gasteiger partial charge on any atom is -0.351 e. The zero-order valence-corrected chi connectivity index (χ0v) is 15.6. The average Bonchev–Trinajstić information content (AvgIpc) is 3.25. The number of nitrogens with one attached hydrogen (secondary N) is 3. The molecule has 0 radical (unpaired) electrons. The summed E-state index contributed by atoms with van der Waals surface area (Å²) in [6, 6.07) is 4.23. The first-order valence-corrected chi connectivity index (χ1v) is 9.18. The van der Waals surface area contributed by atoms with Gasteiger partial charge < -0.3 is 15.6 Å². The van der Waals surface area contributed by atoms with Crippen LogP contribution in [0.15, 0.2) is 37.1 Å². The first-order valence-electron chi connectivity index (χ1n) is 9.18. The van der Waals surface area contributed by atoms with E-state index in [0.29, 0.717) is 5.95 Å². The summed E-state index contributed by atoms with van der Waals surface area (Å²) in [4.78, 5) is 27.8. The van der Waals surface area contributed by atoms with E-state index in [4.69, 9.17) is 0 Å². The normalized spacial score (nSPS) is 21.6. The molecule has 1 saturated carbocycles. The third-order valence-electron chi connectivity index (χ3n) is 5.23. The van der Waals surface area contributed by atoms with Gasteiger partial charge in [0.15, 0.2) is 5.65 Å². The van der Waals surface area contributed by atoms with Crippen LogP contribution in [0.4, 0.5) is 5.95 Å². The van der Waals surface area contributed by atoms with E-state index < -0.39 is 0 Å². The standard InChI is InChI=1S/C19H20N8O/c1-11(28)26-19(2)6-13(7-19)24-18-21-9-15-14(8-20-17(15)25-18)12-3-4-27-16(5-12)22-10-23-27/h3-5,8-10,13H,6-7H2,1-2H3,(H,26,28)(H2,20,21,24,25)/t13-,19+. The van der Waals surface area contributed by atoms with Gasteiger partial charge in [0.2, 0.25) is 11.9 Å². The summed E-state index contributed by atoms with van der Waals surface area (Å²) in [5.41, 5.74) is 3.47. The zero-order chi connectivity index (χ0) is 19.3. The van der Waals surface area contributed by atoms with Gasteiger partial charge in [0.25, 0.3) is 0 Å². The van der Waals surface area contributed by atoms with Crippen molar-refractivity contribution in [1.29, 1.82) is 0 Å². The van der Waals surface area contributed by atoms with Gasteiger partial charge in [-0.25, -0.2) is 14.5 Å². The van der Waals surface area contributed by atoms with E-state index in [1.165, 1.54) is 6.33 Å². The summed E-state index contributed by atoms with van der Waals surface area (Å²) in [5.74, 6) is 0.588. The lowest BCUT2D eigenvalue weighted by molar-refractivity contribution is -0.121. The SMILES string of the molecule is CC(=O)N[C@]1(C)C[C@H](Nc2ncc3c(-c4ccn5ncnc5c4)c[nH]c3n2)C1. The van der Waals surface area contributed by atoms with Crippen molar-refractivity contribution in [2.75, 3.05) is 5.32 Å². The molecule has 0 spiro atoms. The first kappa shape index (κ1) is 16.7. The second-order valence-corrected chi connectivity index (χ2v) is 7.63. The molecule has 28 heavy (non-hydrogen) atoms. The van der Waals surface area contributed by atoms with Crippen molar-refractivity contribution in [3.8, 4) is 11.1 Å². The monoisotopic (exact) mass is 376 g/mol. The van der Waals surface area contributed by atoms with Crippen LogP contribution < -0.4 is 10.6 Å². The molecule has 0 bridgehead atoms. The van der Waals surface area contributed by atoms with Crippen molar-refractivity contribution in [2.24, 2.45) is 0 Å². The molecule has 9 nitrogen and oxygen atoms in total. The van der Waals surface area contributed by atoms with Crippen molar-refractivity contribution in [3.63, 3.8) is 0 Å². The molecule has 3 N–H and O–H groups in total. The van der Waals surface area contributed by atoms with Crippen molar-refractivity contribution < 1.29 is 4.79 Å². The van der Waals surface area contributed by atoms with Crippen LogP contribution in [0.3, 0.4) is 0 Å². The molecule has 0 unspecified atom stereocenters. The number of rotatable bonds is 4. The average molecular weight is 376 g/mol. The van der Waals surface area contributed by atoms with Gasteiger partial charge in [-0.2, -0.15) is 10.1 Å². The molecule has 0 aromatic carbocycles. The van der Waals surface area contributed by atoms with Crippen LogP contribution in [0.25, 0.3) is 27.8 Å². The van der Waals surface area contributed by atoms with Gasteiger partial charge in [-0.1, -0.05) is 0 Å². The summed E-state index contributed by atoms with van der Waals surface area (Å²) in [6.45, 7) is 3.60. The number of aromatic nitrogens is 6. The number of fused-ring (bicyclic) bond motifs is 2. The molecule has 142 valence electrons. The Bertz CT molecular complexity index is 1190. The van der Waals surface area contributed by atoms with Crippen molar-refractivity contribution >= 4 is 28.5 Å². The minimum atomic E-state index is -0.145. The fourth-order valence-corrected chi connectivity index (χ4v) is 4.04. The Balaban J connectivity index is 1.36. The second-order valence-electron chi connectivity index (χ2n) is 7.63. The number of hydrogen-bond donors (Lipinski definition) is 3. The van der Waals surface area contributed by atoms with Crippen LogP contribution in [0, 0.1) is 0 Å². The molecule has 9 heteroatoms. The van der Waals surface area contributed by atoms with Crippen molar-refractivity contribution in [1.82, 2.24) is 34.9 Å². The summed E-state index contributed by atoms with van der Waals surface area (Å²) < 4.78 is 1.73. The molecule has 0 atom stereocenters. The summed E-state index contributed by atoms with van der Waals surface area (Å²) in [7, 11) is 0. The fourth-order valence-electron chi connectivity index (χ4n) is 4.04. The van der Waals surface area contributed by atoms with Crippen LogP contribution in [-0.4, -0.2) is 47.0 Å². The van der Waals surface area contributed by atoms with E-state index in [1.807, 2.05) is 30.7 Å². The Labute approximate surface area is 160 Å². The highest BCUT2D eigenvalue weighted by Crippen LogP contribution is 2.34. The lowest BCUT2D eigenvalue weighted by Gasteiger charge is -2.45. The smallest absolute Gasteiger partial charge is 0.224 e. The number of anilines is 1. The molecule has 4 aromatic rings. The quantitative estimate of drug-likeness (QED) is 0.503. The minimum absolute atomic E-state index is 0.00171. The fraction of sp³-hybridized carbons (Fsp3) is 0.316. The predicted molar refractivity (Wildman–Crippen MR) is 105 cm³/mol. The Morgan fingerprint density at radius 2 is 2.21 bits per heavy atom. The number of H-pyrrole nitrogens is 1. The maximum atomic E-state index is 11.3. The molecule has 1 aliphatic rings. The van der Waals surface area contributed by atoms with Crippen molar-refractivity contribution in [2.45, 2.75) is 38.3 Å². The number of carbonyl (C=O) groups is 1. The Morgan fingerprint density at radius 3 is 3.04 bits per heavy atom. The maximum Gasteiger partial charge on any atom is 0.224 e. The van der Waals surface area contributed by atoms with Crippen molar-refractivity contribution in [3.05, 3.63) is 37.1 Å². The van der Waals surface area contributed by atoms with Crippen LogP contribution >= 0.6 is 0 Å². The van der Waals surface area contributed by atoms with E-state index in [-0.39, 0.29) is 17.5 Å². The van der Waals surface area contributed by atoms with E-state index in [0.717, 1.165) is 40.6 Å². The predicted octanol–water partition coefficient (Wildman–Crippen LogP) is 2.14. The molecular formula is C19H20N8O. The van der Waals surface area contributed by atoms with E-state index in [2.05, 4.69) is 42.6 Å². The molecular weight excluding hydrogens is 356 g/mol. The van der Waals surface area contributed by atoms with E-state index in [1.54, 1.807) is 11.4 Å². The summed E-state index contributed by atoms with van der Waals surface area (Å²) in [6.07, 6.45) is 8.88. The lowest BCUT2D eigenvalue weighted by Crippen LogP contribution is -2.59. The zero-order valence-electron chi connectivity index (χ0n) is 15.6. The van der Waals surface area contributed by atoms with Crippen LogP contribution in [-0.2, 0) is 4.79 Å². The highest BCUT2D eigenvalue weighted by molar-refractivity contribution is 5.93. The van der Waals surface area contributed by atoms with E-state index in [9.17, 15) is 4.79 Å². The molecule has 4 aromatic heterocycles. The number of hydrogen-bond acceptors (Lipinski definition) is 6. The molecule has 1 fully saturated rings. The Hall–Kier alpha value is -3.49. The van der Waals surface area contributed by atoms with Crippen LogP contribution in [0.1, 0.15) is 26.7 Å². The van der Waals surface area contributed by atoms with E-state index >= 15 is 0 Å². The summed E-state index contributed by atoms with van der Waals surface area (Å²) in [5, 5.41) is 11.4. The van der Waals surface area contributed by atoms with Crippen LogP contribution in [0.2, 0.25) is 0 Å². The van der Waals surface area contributed by atoms with Gasteiger partial charge in [0.1, 0.15) is 12.0 Å².